The minimum atomic E-state index is -2.94. The van der Waals surface area contributed by atoms with Gasteiger partial charge >= 0.3 is 11.9 Å². The molecule has 7 unspecified atom stereocenters. The number of carboxylic acids is 1. The summed E-state index contributed by atoms with van der Waals surface area (Å²) in [7, 11) is 1.54. The van der Waals surface area contributed by atoms with Crippen LogP contribution in [0.3, 0.4) is 0 Å². The molecule has 2 fully saturated rings. The van der Waals surface area contributed by atoms with Gasteiger partial charge in [-0.15, -0.1) is 6.58 Å². The molecule has 0 amide bonds. The second-order valence-corrected chi connectivity index (χ2v) is 13.5. The van der Waals surface area contributed by atoms with Gasteiger partial charge in [-0.25, -0.2) is 9.59 Å². The summed E-state index contributed by atoms with van der Waals surface area (Å²) in [4.78, 5) is 32.1. The van der Waals surface area contributed by atoms with E-state index in [-0.39, 0.29) is 68.5 Å². The molecule has 19 heteroatoms. The molecule has 4 rings (SSSR count). The molecule has 0 aromatic rings. The van der Waals surface area contributed by atoms with Crippen LogP contribution >= 0.6 is 0 Å². The molecule has 0 aromatic heterocycles. The molecular weight excluding hydrogens is 726 g/mol. The zero-order chi connectivity index (χ0) is 40.1. The first kappa shape index (κ1) is 43.8. The van der Waals surface area contributed by atoms with Crippen LogP contribution in [-0.4, -0.2) is 155 Å². The van der Waals surface area contributed by atoms with Crippen LogP contribution in [0.25, 0.3) is 0 Å². The van der Waals surface area contributed by atoms with E-state index in [2.05, 4.69) is 22.2 Å². The second kappa shape index (κ2) is 20.9. The Kier molecular flexibility index (Phi) is 16.6. The highest BCUT2D eigenvalue weighted by atomic mass is 16.8. The van der Waals surface area contributed by atoms with E-state index in [1.807, 2.05) is 0 Å². The van der Waals surface area contributed by atoms with Crippen LogP contribution < -0.4 is 16.4 Å². The number of hydrogen-bond donors (Lipinski definition) is 10. The zero-order valence-corrected chi connectivity index (χ0v) is 30.9. The van der Waals surface area contributed by atoms with Crippen LogP contribution in [0.5, 0.6) is 0 Å². The fourth-order valence-electron chi connectivity index (χ4n) is 6.74. The fraction of sp³-hybridized carbons (Fsp3) is 0.639. The number of β-amino-alcohol motifs (C(OH)–C–C–N with tert-alkyl or cyclic N) is 1. The predicted octanol–water partition coefficient (Wildman–Crippen LogP) is -1.77. The molecule has 4 aliphatic rings. The van der Waals surface area contributed by atoms with Crippen molar-refractivity contribution >= 4 is 17.9 Å². The number of nitrogens with two attached hydrogens (primary N) is 1. The number of rotatable bonds is 18. The average molecular weight is 782 g/mol. The molecule has 1 saturated heterocycles. The van der Waals surface area contributed by atoms with Crippen molar-refractivity contribution in [1.29, 1.82) is 0 Å². The van der Waals surface area contributed by atoms with Gasteiger partial charge in [0.05, 0.1) is 49.0 Å². The molecule has 19 nitrogen and oxygen atoms in total. The minimum absolute atomic E-state index is 0.0821. The Labute approximate surface area is 319 Å². The second-order valence-electron chi connectivity index (χ2n) is 13.5. The Morgan fingerprint density at radius 3 is 2.55 bits per heavy atom. The summed E-state index contributed by atoms with van der Waals surface area (Å²) in [6, 6.07) is 0. The molecule has 0 radical (unpaired) electrons. The summed E-state index contributed by atoms with van der Waals surface area (Å²) in [5.41, 5.74) is 6.50. The highest BCUT2D eigenvalue weighted by Gasteiger charge is 2.57. The van der Waals surface area contributed by atoms with Gasteiger partial charge in [0.25, 0.3) is 0 Å². The summed E-state index contributed by atoms with van der Waals surface area (Å²) >= 11 is 0. The van der Waals surface area contributed by atoms with Crippen LogP contribution in [0, 0.1) is 11.8 Å². The minimum Gasteiger partial charge on any atom is -0.478 e. The Balaban J connectivity index is 1.76. The SMILES string of the molecule is C=CC1C(OC2OC(CO)C(O)C(O)(O)C2OCNC)OC=C(C(=O)OC2CCCCC2)C1C=CC1=C(NC(N)=NCCCO)C(C(=O)O)=CN(CCO)C1. The molecule has 55 heavy (non-hydrogen) atoms. The zero-order valence-electron chi connectivity index (χ0n) is 30.9. The third-order valence-corrected chi connectivity index (χ3v) is 9.62. The van der Waals surface area contributed by atoms with E-state index in [0.717, 1.165) is 19.3 Å². The van der Waals surface area contributed by atoms with Crippen LogP contribution in [0.2, 0.25) is 0 Å². The van der Waals surface area contributed by atoms with E-state index in [4.69, 9.17) is 34.5 Å². The van der Waals surface area contributed by atoms with E-state index in [0.29, 0.717) is 24.8 Å². The quantitative estimate of drug-likeness (QED) is 0.0184. The highest BCUT2D eigenvalue weighted by molar-refractivity contribution is 5.95. The lowest BCUT2D eigenvalue weighted by Crippen LogP contribution is -2.69. The van der Waals surface area contributed by atoms with Gasteiger partial charge in [0.1, 0.15) is 18.3 Å². The van der Waals surface area contributed by atoms with E-state index >= 15 is 0 Å². The Bertz CT molecular complexity index is 1480. The van der Waals surface area contributed by atoms with Crippen LogP contribution in [0.4, 0.5) is 0 Å². The average Bonchev–Trinajstić information content (AvgIpc) is 3.16. The maximum Gasteiger partial charge on any atom is 0.339 e. The van der Waals surface area contributed by atoms with Gasteiger partial charge in [-0.3, -0.25) is 10.3 Å². The summed E-state index contributed by atoms with van der Waals surface area (Å²) in [6.07, 6.45) is 3.30. The van der Waals surface area contributed by atoms with Gasteiger partial charge in [0.2, 0.25) is 12.1 Å². The number of carboxylic acid groups (broad SMARTS) is 1. The van der Waals surface area contributed by atoms with Gasteiger partial charge in [-0.1, -0.05) is 24.6 Å². The number of aliphatic hydroxyl groups excluding tert-OH is 4. The van der Waals surface area contributed by atoms with E-state index in [9.17, 15) is 40.2 Å². The maximum absolute atomic E-state index is 13.8. The number of nitrogens with one attached hydrogen (secondary N) is 2. The van der Waals surface area contributed by atoms with Crippen molar-refractivity contribution in [1.82, 2.24) is 15.5 Å². The van der Waals surface area contributed by atoms with Gasteiger partial charge in [0, 0.05) is 38.4 Å². The lowest BCUT2D eigenvalue weighted by atomic mass is 9.83. The largest absolute Gasteiger partial charge is 0.478 e. The van der Waals surface area contributed by atoms with E-state index in [1.165, 1.54) is 25.6 Å². The third kappa shape index (κ3) is 11.1. The van der Waals surface area contributed by atoms with Crippen LogP contribution in [0.1, 0.15) is 38.5 Å². The molecule has 7 atom stereocenters. The van der Waals surface area contributed by atoms with Crippen LogP contribution in [0.15, 0.2) is 64.7 Å². The maximum atomic E-state index is 13.8. The van der Waals surface area contributed by atoms with Crippen molar-refractivity contribution in [3.63, 3.8) is 0 Å². The van der Waals surface area contributed by atoms with Crippen molar-refractivity contribution in [2.45, 2.75) is 81.3 Å². The van der Waals surface area contributed by atoms with Gasteiger partial charge in [-0.05, 0) is 44.7 Å². The monoisotopic (exact) mass is 781 g/mol. The van der Waals surface area contributed by atoms with Crippen molar-refractivity contribution in [3.8, 4) is 0 Å². The smallest absolute Gasteiger partial charge is 0.339 e. The molecule has 11 N–H and O–H groups in total. The number of nitrogens with zero attached hydrogens (tertiary/aromatic N) is 2. The van der Waals surface area contributed by atoms with Gasteiger partial charge in [-0.2, -0.15) is 0 Å². The standard InChI is InChI=1S/C36H55N5O14/c1-3-23-24(11-10-21-16-41(13-15-43)17-25(31(46)47)28(21)40-35(37)39-12-7-14-42)26(32(48)53-22-8-5-4-6-9-22)19-51-33(23)55-34-30(52-20-38-2)36(49,50)29(45)27(18-44)54-34/h3,10-11,17,19,22-24,27,29-30,33-34,38,42-45,49-50H,1,4-9,12-16,18,20H2,2H3,(H,46,47)(H3,37,39,40). The molecule has 3 heterocycles. The van der Waals surface area contributed by atoms with E-state index in [1.54, 1.807) is 17.1 Å². The number of carbonyl (C=O) groups is 2. The topological polar surface area (TPSA) is 288 Å². The number of carbonyl (C=O) groups excluding carboxylic acids is 1. The summed E-state index contributed by atoms with van der Waals surface area (Å²) in [5, 5.41) is 76.8. The van der Waals surface area contributed by atoms with E-state index < -0.39 is 67.1 Å². The molecular formula is C36H55N5O14. The normalized spacial score (nSPS) is 29.0. The molecule has 308 valence electrons. The third-order valence-electron chi connectivity index (χ3n) is 9.62. The number of aliphatic hydroxyl groups is 6. The Morgan fingerprint density at radius 2 is 1.91 bits per heavy atom. The lowest BCUT2D eigenvalue weighted by Gasteiger charge is -2.47. The molecule has 0 aromatic carbocycles. The summed E-state index contributed by atoms with van der Waals surface area (Å²) in [5.74, 6) is -6.82. The van der Waals surface area contributed by atoms with Crippen LogP contribution in [-0.2, 0) is 33.3 Å². The Morgan fingerprint density at radius 1 is 1.16 bits per heavy atom. The Hall–Kier alpha value is -3.89. The number of guanidine groups is 1. The summed E-state index contributed by atoms with van der Waals surface area (Å²) in [6.45, 7) is 2.92. The molecule has 1 saturated carbocycles. The number of ether oxygens (including phenoxy) is 5. The van der Waals surface area contributed by atoms with Crippen molar-refractivity contribution < 1.29 is 69.0 Å². The van der Waals surface area contributed by atoms with Gasteiger partial charge in [0.15, 0.2) is 18.4 Å². The molecule has 1 aliphatic carbocycles. The van der Waals surface area contributed by atoms with Crippen molar-refractivity contribution in [3.05, 3.63) is 59.7 Å². The van der Waals surface area contributed by atoms with Crippen molar-refractivity contribution in [2.75, 3.05) is 53.2 Å². The number of aliphatic imine (C=N–C) groups is 1. The number of aliphatic carboxylic acids is 1. The van der Waals surface area contributed by atoms with Crippen molar-refractivity contribution in [2.24, 2.45) is 22.6 Å². The fourth-order valence-corrected chi connectivity index (χ4v) is 6.74. The first-order valence-electron chi connectivity index (χ1n) is 18.3. The first-order valence-corrected chi connectivity index (χ1v) is 18.3. The van der Waals surface area contributed by atoms with Gasteiger partial charge < -0.3 is 75.4 Å². The number of esters is 1. The molecule has 0 spiro atoms. The molecule has 3 aliphatic heterocycles. The lowest BCUT2D eigenvalue weighted by molar-refractivity contribution is -0.410. The first-order chi connectivity index (χ1) is 26.4. The molecule has 0 bridgehead atoms. The number of allylic oxidation sites excluding steroid dienone is 1. The predicted molar refractivity (Wildman–Crippen MR) is 194 cm³/mol. The highest BCUT2D eigenvalue weighted by Crippen LogP contribution is 2.39. The number of hydrogen-bond acceptors (Lipinski definition) is 16. The summed E-state index contributed by atoms with van der Waals surface area (Å²) < 4.78 is 29.3.